The zero-order valence-electron chi connectivity index (χ0n) is 22.1. The normalized spacial score (nSPS) is 48.3. The van der Waals surface area contributed by atoms with Gasteiger partial charge in [0, 0.05) is 13.0 Å². The van der Waals surface area contributed by atoms with Crippen LogP contribution >= 0.6 is 0 Å². The standard InChI is InChI=1S/C22H38O18S/c1-3-4-34-19-15(28)18(16(9(6-23)37-19)38-20-13(26)12(25)11(24)7(2)35-20)39-21-14(27)17(40-41(31,32)33)10-8(36-21)5-22(10,29)30/h7-21,23-30H,3-6H2,1-2H3,(H,31,32,33)/t7-,8+,9+,10-,11+,12+,13-,14+,15+,16+,17-,18+,19+,20-,21-/m0/s1. The molecule has 0 aromatic carbocycles. The van der Waals surface area contributed by atoms with Gasteiger partial charge in [-0.25, -0.2) is 4.18 Å². The van der Waals surface area contributed by atoms with Crippen LogP contribution in [0.4, 0.5) is 0 Å². The van der Waals surface area contributed by atoms with Gasteiger partial charge in [-0.1, -0.05) is 6.92 Å². The average Bonchev–Trinajstić information content (AvgIpc) is 2.88. The molecule has 41 heavy (non-hydrogen) atoms. The Labute approximate surface area is 234 Å². The molecule has 1 saturated carbocycles. The molecule has 4 rings (SSSR count). The Morgan fingerprint density at radius 1 is 0.829 bits per heavy atom. The van der Waals surface area contributed by atoms with Crippen LogP contribution < -0.4 is 0 Å². The van der Waals surface area contributed by atoms with E-state index in [1.165, 1.54) is 6.92 Å². The molecule has 9 N–H and O–H groups in total. The Balaban J connectivity index is 1.62. The summed E-state index contributed by atoms with van der Waals surface area (Å²) in [6, 6.07) is 0. The molecule has 0 amide bonds. The second-order valence-electron chi connectivity index (χ2n) is 10.6. The van der Waals surface area contributed by atoms with Crippen molar-refractivity contribution in [2.45, 2.75) is 118 Å². The van der Waals surface area contributed by atoms with E-state index >= 15 is 0 Å². The van der Waals surface area contributed by atoms with E-state index in [4.69, 9.17) is 28.4 Å². The Bertz CT molecular complexity index is 982. The van der Waals surface area contributed by atoms with Gasteiger partial charge in [0.2, 0.25) is 0 Å². The number of hydrogen-bond acceptors (Lipinski definition) is 17. The molecule has 3 aliphatic heterocycles. The second kappa shape index (κ2) is 12.7. The van der Waals surface area contributed by atoms with E-state index in [0.29, 0.717) is 6.42 Å². The summed E-state index contributed by atoms with van der Waals surface area (Å²) in [6.07, 6.45) is -22.2. The molecule has 4 fully saturated rings. The number of aliphatic hydroxyl groups excluding tert-OH is 6. The van der Waals surface area contributed by atoms with Crippen LogP contribution in [0, 0.1) is 5.92 Å². The summed E-state index contributed by atoms with van der Waals surface area (Å²) in [5, 5.41) is 83.0. The lowest BCUT2D eigenvalue weighted by Gasteiger charge is -2.56. The molecule has 3 saturated heterocycles. The van der Waals surface area contributed by atoms with Gasteiger partial charge in [0.25, 0.3) is 0 Å². The second-order valence-corrected chi connectivity index (χ2v) is 11.6. The van der Waals surface area contributed by atoms with E-state index in [9.17, 15) is 53.8 Å². The Morgan fingerprint density at radius 2 is 1.44 bits per heavy atom. The van der Waals surface area contributed by atoms with Gasteiger partial charge in [-0.05, 0) is 13.3 Å². The van der Waals surface area contributed by atoms with E-state index in [0.717, 1.165) is 0 Å². The lowest BCUT2D eigenvalue weighted by Crippen LogP contribution is -2.72. The molecule has 0 spiro atoms. The molecule has 0 aromatic heterocycles. The molecule has 0 aromatic rings. The molecular formula is C22H38O18S. The topological polar surface area (TPSA) is 281 Å². The summed E-state index contributed by atoms with van der Waals surface area (Å²) in [4.78, 5) is 0. The largest absolute Gasteiger partial charge is 0.397 e. The fraction of sp³-hybridized carbons (Fsp3) is 1.00. The molecule has 0 unspecified atom stereocenters. The van der Waals surface area contributed by atoms with Gasteiger partial charge in [-0.15, -0.1) is 0 Å². The number of rotatable bonds is 10. The molecule has 19 heteroatoms. The maximum Gasteiger partial charge on any atom is 0.397 e. The highest BCUT2D eigenvalue weighted by atomic mass is 32.3. The van der Waals surface area contributed by atoms with Gasteiger partial charge in [0.1, 0.15) is 54.9 Å². The minimum atomic E-state index is -5.21. The minimum Gasteiger partial charge on any atom is -0.394 e. The van der Waals surface area contributed by atoms with Crippen molar-refractivity contribution in [2.75, 3.05) is 13.2 Å². The van der Waals surface area contributed by atoms with Crippen molar-refractivity contribution in [3.05, 3.63) is 0 Å². The molecule has 18 nitrogen and oxygen atoms in total. The molecular weight excluding hydrogens is 584 g/mol. The first-order valence-corrected chi connectivity index (χ1v) is 14.5. The van der Waals surface area contributed by atoms with Crippen LogP contribution in [0.5, 0.6) is 0 Å². The van der Waals surface area contributed by atoms with Crippen molar-refractivity contribution in [3.63, 3.8) is 0 Å². The van der Waals surface area contributed by atoms with E-state index in [1.807, 2.05) is 0 Å². The van der Waals surface area contributed by atoms with Gasteiger partial charge in [0.05, 0.1) is 24.7 Å². The van der Waals surface area contributed by atoms with E-state index in [-0.39, 0.29) is 6.61 Å². The number of aliphatic hydroxyl groups is 8. The highest BCUT2D eigenvalue weighted by Crippen LogP contribution is 2.48. The van der Waals surface area contributed by atoms with Crippen LogP contribution in [0.2, 0.25) is 0 Å². The summed E-state index contributed by atoms with van der Waals surface area (Å²) >= 11 is 0. The summed E-state index contributed by atoms with van der Waals surface area (Å²) in [5.41, 5.74) is 0. The van der Waals surface area contributed by atoms with Crippen LogP contribution in [0.3, 0.4) is 0 Å². The summed E-state index contributed by atoms with van der Waals surface area (Å²) in [6.45, 7) is 2.53. The zero-order chi connectivity index (χ0) is 30.4. The summed E-state index contributed by atoms with van der Waals surface area (Å²) < 4.78 is 70.6. The van der Waals surface area contributed by atoms with Crippen LogP contribution in [0.1, 0.15) is 26.7 Å². The molecule has 240 valence electrons. The van der Waals surface area contributed by atoms with Gasteiger partial charge < -0.3 is 69.3 Å². The van der Waals surface area contributed by atoms with Crippen LogP contribution in [-0.4, -0.2) is 159 Å². The number of fused-ring (bicyclic) bond motifs is 1. The number of ether oxygens (including phenoxy) is 6. The maximum atomic E-state index is 11.5. The van der Waals surface area contributed by atoms with Crippen molar-refractivity contribution in [1.82, 2.24) is 0 Å². The van der Waals surface area contributed by atoms with E-state index in [1.54, 1.807) is 6.92 Å². The van der Waals surface area contributed by atoms with Crippen LogP contribution in [0.15, 0.2) is 0 Å². The predicted molar refractivity (Wildman–Crippen MR) is 126 cm³/mol. The molecule has 3 heterocycles. The molecule has 1 aliphatic carbocycles. The fourth-order valence-corrected chi connectivity index (χ4v) is 5.98. The highest BCUT2D eigenvalue weighted by molar-refractivity contribution is 7.80. The monoisotopic (exact) mass is 622 g/mol. The zero-order valence-corrected chi connectivity index (χ0v) is 22.9. The van der Waals surface area contributed by atoms with Crippen molar-refractivity contribution >= 4 is 10.4 Å². The van der Waals surface area contributed by atoms with Crippen LogP contribution in [0.25, 0.3) is 0 Å². The Kier molecular flexibility index (Phi) is 10.3. The van der Waals surface area contributed by atoms with Crippen molar-refractivity contribution in [2.24, 2.45) is 5.92 Å². The summed E-state index contributed by atoms with van der Waals surface area (Å²) in [5.74, 6) is -4.02. The van der Waals surface area contributed by atoms with Gasteiger partial charge in [-0.2, -0.15) is 8.42 Å². The van der Waals surface area contributed by atoms with Crippen molar-refractivity contribution in [1.29, 1.82) is 0 Å². The smallest absolute Gasteiger partial charge is 0.394 e. The lowest BCUT2D eigenvalue weighted by molar-refractivity contribution is -0.414. The third kappa shape index (κ3) is 6.86. The number of hydrogen-bond donors (Lipinski definition) is 9. The lowest BCUT2D eigenvalue weighted by atomic mass is 9.68. The predicted octanol–water partition coefficient (Wildman–Crippen LogP) is -4.94. The molecule has 4 aliphatic rings. The Morgan fingerprint density at radius 3 is 2.02 bits per heavy atom. The highest BCUT2D eigenvalue weighted by Gasteiger charge is 2.65. The van der Waals surface area contributed by atoms with Crippen LogP contribution in [-0.2, 0) is 43.0 Å². The van der Waals surface area contributed by atoms with Crippen molar-refractivity contribution in [3.8, 4) is 0 Å². The third-order valence-corrected chi connectivity index (χ3v) is 8.08. The van der Waals surface area contributed by atoms with Gasteiger partial charge in [0.15, 0.2) is 24.7 Å². The average molecular weight is 623 g/mol. The minimum absolute atomic E-state index is 0.107. The first-order valence-electron chi connectivity index (χ1n) is 13.1. The molecule has 0 radical (unpaired) electrons. The SMILES string of the molecule is CCCO[C@@H]1O[C@H](CO)[C@@H](O[C@@H]2O[C@@H](C)[C@@H](O)[C@@H](O)[C@@H]2O)[C@H](O[C@@H]2O[C@@H]3CC(O)(O)[C@@H]3[C@H](OS(=O)(=O)O)[C@H]2O)[C@H]1O. The van der Waals surface area contributed by atoms with E-state index in [2.05, 4.69) is 4.18 Å². The maximum absolute atomic E-state index is 11.5. The third-order valence-electron chi connectivity index (χ3n) is 7.62. The van der Waals surface area contributed by atoms with Crippen molar-refractivity contribution < 1.29 is 86.4 Å². The fourth-order valence-electron chi connectivity index (χ4n) is 5.46. The summed E-state index contributed by atoms with van der Waals surface area (Å²) in [7, 11) is -5.21. The Hall–Kier alpha value is -0.690. The first-order chi connectivity index (χ1) is 19.1. The van der Waals surface area contributed by atoms with Gasteiger partial charge in [-0.3, -0.25) is 4.55 Å². The van der Waals surface area contributed by atoms with Gasteiger partial charge >= 0.3 is 10.4 Å². The van der Waals surface area contributed by atoms with E-state index < -0.39 is 121 Å². The quantitative estimate of drug-likeness (QED) is 0.0815. The molecule has 0 bridgehead atoms. The molecule has 15 atom stereocenters. The first kappa shape index (κ1) is 33.2.